The van der Waals surface area contributed by atoms with Crippen LogP contribution in [0.15, 0.2) is 60.8 Å². The molecule has 0 aromatic heterocycles. The Hall–Kier alpha value is -2.89. The minimum absolute atomic E-state index is 0.0781. The molecule has 460 valence electrons. The molecule has 1 unspecified atom stereocenters. The van der Waals surface area contributed by atoms with Crippen LogP contribution in [0.3, 0.4) is 0 Å². The fourth-order valence-corrected chi connectivity index (χ4v) is 10.2. The van der Waals surface area contributed by atoms with E-state index in [9.17, 15) is 14.4 Å². The van der Waals surface area contributed by atoms with Crippen molar-refractivity contribution >= 4 is 17.9 Å². The molecule has 0 amide bonds. The van der Waals surface area contributed by atoms with Gasteiger partial charge < -0.3 is 14.2 Å². The average molecular weight is 1110 g/mol. The van der Waals surface area contributed by atoms with Gasteiger partial charge in [0, 0.05) is 19.3 Å². The molecule has 0 spiro atoms. The Balaban J connectivity index is 4.31. The summed E-state index contributed by atoms with van der Waals surface area (Å²) in [7, 11) is 0. The van der Waals surface area contributed by atoms with E-state index in [-0.39, 0.29) is 31.1 Å². The van der Waals surface area contributed by atoms with Crippen LogP contribution in [-0.4, -0.2) is 37.2 Å². The van der Waals surface area contributed by atoms with E-state index in [1.807, 2.05) is 0 Å². The molecule has 0 aromatic carbocycles. The molecule has 0 bridgehead atoms. The summed E-state index contributed by atoms with van der Waals surface area (Å²) in [5.41, 5.74) is 0. The molecule has 0 aliphatic heterocycles. The van der Waals surface area contributed by atoms with Crippen molar-refractivity contribution in [3.8, 4) is 0 Å². The molecule has 0 N–H and O–H groups in total. The summed E-state index contributed by atoms with van der Waals surface area (Å²) in [4.78, 5) is 38.4. The summed E-state index contributed by atoms with van der Waals surface area (Å²) < 4.78 is 17.0. The van der Waals surface area contributed by atoms with Gasteiger partial charge in [-0.3, -0.25) is 14.4 Å². The van der Waals surface area contributed by atoms with Crippen molar-refractivity contribution in [2.75, 3.05) is 13.2 Å². The Morgan fingerprint density at radius 2 is 0.456 bits per heavy atom. The van der Waals surface area contributed by atoms with Crippen molar-refractivity contribution in [3.05, 3.63) is 60.8 Å². The van der Waals surface area contributed by atoms with Crippen LogP contribution in [0.1, 0.15) is 367 Å². The van der Waals surface area contributed by atoms with Gasteiger partial charge in [-0.2, -0.15) is 0 Å². The highest BCUT2D eigenvalue weighted by atomic mass is 16.6. The number of rotatable bonds is 64. The fraction of sp³-hybridized carbons (Fsp3) is 0.822. The fourth-order valence-electron chi connectivity index (χ4n) is 10.2. The molecular formula is C73H132O6. The number of ether oxygens (including phenoxy) is 3. The van der Waals surface area contributed by atoms with E-state index in [1.54, 1.807) is 0 Å². The third kappa shape index (κ3) is 65.8. The molecule has 6 nitrogen and oxygen atoms in total. The van der Waals surface area contributed by atoms with Crippen molar-refractivity contribution in [2.24, 2.45) is 0 Å². The van der Waals surface area contributed by atoms with Crippen LogP contribution in [0.2, 0.25) is 0 Å². The second kappa shape index (κ2) is 67.6. The molecule has 0 radical (unpaired) electrons. The number of hydrogen-bond acceptors (Lipinski definition) is 6. The van der Waals surface area contributed by atoms with Crippen LogP contribution in [-0.2, 0) is 28.6 Å². The zero-order valence-corrected chi connectivity index (χ0v) is 52.9. The number of unbranched alkanes of at least 4 members (excludes halogenated alkanes) is 43. The Kier molecular flexibility index (Phi) is 65.1. The van der Waals surface area contributed by atoms with Gasteiger partial charge in [0.15, 0.2) is 6.10 Å². The first-order valence-electron chi connectivity index (χ1n) is 34.8. The van der Waals surface area contributed by atoms with E-state index in [1.165, 1.54) is 244 Å². The summed E-state index contributed by atoms with van der Waals surface area (Å²) in [6.45, 7) is 6.64. The standard InChI is InChI=1S/C73H132O6/c1-4-7-10-13-16-19-22-25-28-30-32-34-35-36-37-39-40-42-45-48-51-54-57-60-63-66-72(75)78-69-70(68-77-71(74)65-62-59-56-53-50-47-44-27-24-21-18-15-12-9-6-3)79-73(76)67-64-61-58-55-52-49-46-43-41-38-33-31-29-26-23-20-17-14-11-8-5-2/h18,21,23,26-27,30-33,44,70H,4-17,19-20,22,24-25,28-29,34-43,45-69H2,1-3H3/b21-18-,26-23-,32-30-,33-31-,44-27-. The quantitative estimate of drug-likeness (QED) is 0.0261. The smallest absolute Gasteiger partial charge is 0.306 e. The second-order valence-corrected chi connectivity index (χ2v) is 23.4. The monoisotopic (exact) mass is 1110 g/mol. The summed E-state index contributed by atoms with van der Waals surface area (Å²) in [6.07, 6.45) is 86.7. The molecule has 79 heavy (non-hydrogen) atoms. The van der Waals surface area contributed by atoms with E-state index in [4.69, 9.17) is 14.2 Å². The third-order valence-electron chi connectivity index (χ3n) is 15.5. The molecule has 1 atom stereocenters. The SMILES string of the molecule is CCCCC/C=C\C/C=C\CCCCCCCC(=O)OCC(COC(=O)CCCCCCCCCCCCCCC/C=C\CCCCCCCCCC)OC(=O)CCCCCCCCCCC/C=C\C/C=C\CCCCCCC. The molecule has 0 aliphatic rings. The van der Waals surface area contributed by atoms with E-state index in [0.29, 0.717) is 19.3 Å². The number of carbonyl (C=O) groups excluding carboxylic acids is 3. The van der Waals surface area contributed by atoms with Crippen molar-refractivity contribution in [2.45, 2.75) is 374 Å². The minimum Gasteiger partial charge on any atom is -0.462 e. The predicted molar refractivity (Wildman–Crippen MR) is 344 cm³/mol. The van der Waals surface area contributed by atoms with Gasteiger partial charge >= 0.3 is 17.9 Å². The first-order chi connectivity index (χ1) is 39.0. The highest BCUT2D eigenvalue weighted by Crippen LogP contribution is 2.17. The molecule has 0 saturated carbocycles. The first kappa shape index (κ1) is 76.1. The molecule has 0 fully saturated rings. The first-order valence-corrected chi connectivity index (χ1v) is 34.8. The van der Waals surface area contributed by atoms with Gasteiger partial charge in [-0.25, -0.2) is 0 Å². The minimum atomic E-state index is -0.784. The largest absolute Gasteiger partial charge is 0.462 e. The van der Waals surface area contributed by atoms with Gasteiger partial charge in [-0.15, -0.1) is 0 Å². The number of carbonyl (C=O) groups is 3. The van der Waals surface area contributed by atoms with Crippen molar-refractivity contribution < 1.29 is 28.6 Å². The number of allylic oxidation sites excluding steroid dienone is 10. The molecule has 0 aromatic rings. The Morgan fingerprint density at radius 3 is 0.734 bits per heavy atom. The maximum Gasteiger partial charge on any atom is 0.306 e. The van der Waals surface area contributed by atoms with Crippen molar-refractivity contribution in [1.82, 2.24) is 0 Å². The zero-order chi connectivity index (χ0) is 57.1. The molecule has 0 saturated heterocycles. The number of hydrogen-bond donors (Lipinski definition) is 0. The highest BCUT2D eigenvalue weighted by molar-refractivity contribution is 5.71. The van der Waals surface area contributed by atoms with E-state index in [2.05, 4.69) is 81.5 Å². The Labute approximate surface area is 491 Å². The van der Waals surface area contributed by atoms with Gasteiger partial charge in [-0.1, -0.05) is 300 Å². The summed E-state index contributed by atoms with van der Waals surface area (Å²) in [5.74, 6) is -0.876. The maximum atomic E-state index is 12.9. The number of esters is 3. The van der Waals surface area contributed by atoms with Crippen molar-refractivity contribution in [3.63, 3.8) is 0 Å². The van der Waals surface area contributed by atoms with Gasteiger partial charge in [0.1, 0.15) is 13.2 Å². The van der Waals surface area contributed by atoms with Crippen molar-refractivity contribution in [1.29, 1.82) is 0 Å². The van der Waals surface area contributed by atoms with Crippen LogP contribution < -0.4 is 0 Å². The Bertz CT molecular complexity index is 1410. The molecule has 0 heterocycles. The van der Waals surface area contributed by atoms with Gasteiger partial charge in [0.05, 0.1) is 0 Å². The zero-order valence-electron chi connectivity index (χ0n) is 52.9. The molecule has 0 aliphatic carbocycles. The summed E-state index contributed by atoms with van der Waals surface area (Å²) >= 11 is 0. The Morgan fingerprint density at radius 1 is 0.253 bits per heavy atom. The maximum absolute atomic E-state index is 12.9. The summed E-state index contributed by atoms with van der Waals surface area (Å²) in [5, 5.41) is 0. The van der Waals surface area contributed by atoms with Crippen LogP contribution in [0, 0.1) is 0 Å². The average Bonchev–Trinajstić information content (AvgIpc) is 3.45. The molecule has 6 heteroatoms. The lowest BCUT2D eigenvalue weighted by atomic mass is 10.0. The third-order valence-corrected chi connectivity index (χ3v) is 15.5. The predicted octanol–water partition coefficient (Wildman–Crippen LogP) is 23.9. The molecule has 0 rings (SSSR count). The van der Waals surface area contributed by atoms with Crippen LogP contribution in [0.4, 0.5) is 0 Å². The van der Waals surface area contributed by atoms with Crippen LogP contribution >= 0.6 is 0 Å². The van der Waals surface area contributed by atoms with Gasteiger partial charge in [0.25, 0.3) is 0 Å². The lowest BCUT2D eigenvalue weighted by Crippen LogP contribution is -2.30. The lowest BCUT2D eigenvalue weighted by Gasteiger charge is -2.18. The van der Waals surface area contributed by atoms with E-state index in [0.717, 1.165) is 83.5 Å². The van der Waals surface area contributed by atoms with E-state index >= 15 is 0 Å². The van der Waals surface area contributed by atoms with Crippen LogP contribution in [0.25, 0.3) is 0 Å². The second-order valence-electron chi connectivity index (χ2n) is 23.4. The highest BCUT2D eigenvalue weighted by Gasteiger charge is 2.19. The van der Waals surface area contributed by atoms with E-state index < -0.39 is 6.10 Å². The van der Waals surface area contributed by atoms with Gasteiger partial charge in [0.2, 0.25) is 0 Å². The lowest BCUT2D eigenvalue weighted by molar-refractivity contribution is -0.167. The topological polar surface area (TPSA) is 78.9 Å². The van der Waals surface area contributed by atoms with Crippen LogP contribution in [0.5, 0.6) is 0 Å². The normalized spacial score (nSPS) is 12.4. The molecular weight excluding hydrogens is 973 g/mol. The summed E-state index contributed by atoms with van der Waals surface area (Å²) in [6, 6.07) is 0. The van der Waals surface area contributed by atoms with Gasteiger partial charge in [-0.05, 0) is 109 Å².